The predicted octanol–water partition coefficient (Wildman–Crippen LogP) is 4.17. The molecule has 1 saturated carbocycles. The molecular weight excluding hydrogens is 296 g/mol. The first kappa shape index (κ1) is 18.2. The number of hydrogen-bond acceptors (Lipinski definition) is 2. The van der Waals surface area contributed by atoms with Crippen LogP contribution in [0.5, 0.6) is 0 Å². The molecule has 0 N–H and O–H groups in total. The van der Waals surface area contributed by atoms with Crippen molar-refractivity contribution < 1.29 is 4.79 Å². The highest BCUT2D eigenvalue weighted by Gasteiger charge is 2.39. The number of amides is 1. The van der Waals surface area contributed by atoms with E-state index >= 15 is 0 Å². The van der Waals surface area contributed by atoms with Crippen molar-refractivity contribution in [3.8, 4) is 0 Å². The van der Waals surface area contributed by atoms with Gasteiger partial charge in [0.1, 0.15) is 0 Å². The number of piperidine rings is 2. The Bertz CT molecular complexity index is 408. The van der Waals surface area contributed by atoms with E-state index in [0.717, 1.165) is 24.9 Å². The van der Waals surface area contributed by atoms with Gasteiger partial charge in [0.15, 0.2) is 0 Å². The van der Waals surface area contributed by atoms with Crippen LogP contribution in [0.15, 0.2) is 0 Å². The van der Waals surface area contributed by atoms with Gasteiger partial charge in [-0.1, -0.05) is 33.6 Å². The van der Waals surface area contributed by atoms with Gasteiger partial charge < -0.3 is 9.80 Å². The maximum absolute atomic E-state index is 12.2. The molecule has 138 valence electrons. The standard InChI is InChI=1S/C21H38N2O/c1-17(2)20(24)23-14-10-21(11-15-23)8-12-22(13-9-21)16-19-6-4-18(3)5-7-19/h17-19H,4-16H2,1-3H3. The molecule has 0 bridgehead atoms. The van der Waals surface area contributed by atoms with Crippen LogP contribution in [0, 0.1) is 23.2 Å². The Morgan fingerprint density at radius 3 is 2.04 bits per heavy atom. The number of hydrogen-bond donors (Lipinski definition) is 0. The van der Waals surface area contributed by atoms with Crippen LogP contribution in [0.1, 0.15) is 72.1 Å². The van der Waals surface area contributed by atoms with Gasteiger partial charge in [-0.2, -0.15) is 0 Å². The maximum Gasteiger partial charge on any atom is 0.225 e. The average Bonchev–Trinajstić information content (AvgIpc) is 2.59. The minimum Gasteiger partial charge on any atom is -0.342 e. The highest BCUT2D eigenvalue weighted by atomic mass is 16.2. The van der Waals surface area contributed by atoms with E-state index in [1.165, 1.54) is 71.0 Å². The molecule has 0 aromatic heterocycles. The number of carbonyl (C=O) groups is 1. The van der Waals surface area contributed by atoms with Gasteiger partial charge in [-0.05, 0) is 68.9 Å². The summed E-state index contributed by atoms with van der Waals surface area (Å²) in [6.45, 7) is 12.4. The van der Waals surface area contributed by atoms with E-state index in [-0.39, 0.29) is 5.92 Å². The minimum absolute atomic E-state index is 0.152. The molecule has 0 unspecified atom stereocenters. The van der Waals surface area contributed by atoms with Crippen LogP contribution < -0.4 is 0 Å². The molecule has 1 spiro atoms. The van der Waals surface area contributed by atoms with Crippen LogP contribution in [0.3, 0.4) is 0 Å². The smallest absolute Gasteiger partial charge is 0.225 e. The third-order valence-corrected chi connectivity index (χ3v) is 7.20. The first-order chi connectivity index (χ1) is 11.5. The summed E-state index contributed by atoms with van der Waals surface area (Å²) in [6.07, 6.45) is 11.0. The zero-order valence-electron chi connectivity index (χ0n) is 16.2. The van der Waals surface area contributed by atoms with Gasteiger partial charge in [0.25, 0.3) is 0 Å². The summed E-state index contributed by atoms with van der Waals surface area (Å²) in [4.78, 5) is 17.0. The molecule has 1 aliphatic carbocycles. The van der Waals surface area contributed by atoms with Crippen molar-refractivity contribution in [3.63, 3.8) is 0 Å². The first-order valence-corrected chi connectivity index (χ1v) is 10.5. The molecular formula is C21H38N2O. The Balaban J connectivity index is 1.41. The van der Waals surface area contributed by atoms with Crippen LogP contribution in [-0.4, -0.2) is 48.4 Å². The van der Waals surface area contributed by atoms with Gasteiger partial charge in [0.05, 0.1) is 0 Å². The first-order valence-electron chi connectivity index (χ1n) is 10.5. The van der Waals surface area contributed by atoms with Gasteiger partial charge in [-0.3, -0.25) is 4.79 Å². The lowest BCUT2D eigenvalue weighted by Crippen LogP contribution is -2.49. The van der Waals surface area contributed by atoms with Gasteiger partial charge in [-0.15, -0.1) is 0 Å². The van der Waals surface area contributed by atoms with Crippen molar-refractivity contribution in [2.45, 2.75) is 72.1 Å². The maximum atomic E-state index is 12.2. The Kier molecular flexibility index (Phi) is 5.89. The molecule has 0 aromatic rings. The molecule has 0 atom stereocenters. The molecule has 3 aliphatic rings. The van der Waals surface area contributed by atoms with Gasteiger partial charge in [0.2, 0.25) is 5.91 Å². The summed E-state index contributed by atoms with van der Waals surface area (Å²) in [6, 6.07) is 0. The Morgan fingerprint density at radius 2 is 1.50 bits per heavy atom. The third kappa shape index (κ3) is 4.33. The van der Waals surface area contributed by atoms with Gasteiger partial charge in [0, 0.05) is 25.6 Å². The Hall–Kier alpha value is -0.570. The molecule has 2 saturated heterocycles. The van der Waals surface area contributed by atoms with E-state index in [9.17, 15) is 4.79 Å². The van der Waals surface area contributed by atoms with Crippen LogP contribution >= 0.6 is 0 Å². The van der Waals surface area contributed by atoms with Gasteiger partial charge >= 0.3 is 0 Å². The summed E-state index contributed by atoms with van der Waals surface area (Å²) in [5, 5.41) is 0. The summed E-state index contributed by atoms with van der Waals surface area (Å²) >= 11 is 0. The summed E-state index contributed by atoms with van der Waals surface area (Å²) in [7, 11) is 0. The monoisotopic (exact) mass is 334 g/mol. The molecule has 3 fully saturated rings. The molecule has 1 amide bonds. The fourth-order valence-corrected chi connectivity index (χ4v) is 5.15. The largest absolute Gasteiger partial charge is 0.342 e. The molecule has 0 aromatic carbocycles. The number of nitrogens with zero attached hydrogens (tertiary/aromatic N) is 2. The van der Waals surface area contributed by atoms with Crippen molar-refractivity contribution >= 4 is 5.91 Å². The van der Waals surface area contributed by atoms with E-state index in [0.29, 0.717) is 11.3 Å². The van der Waals surface area contributed by atoms with Gasteiger partial charge in [-0.25, -0.2) is 0 Å². The van der Waals surface area contributed by atoms with E-state index in [4.69, 9.17) is 0 Å². The second-order valence-corrected chi connectivity index (χ2v) is 9.41. The fraction of sp³-hybridized carbons (Fsp3) is 0.952. The van der Waals surface area contributed by atoms with E-state index < -0.39 is 0 Å². The molecule has 2 heterocycles. The second kappa shape index (κ2) is 7.76. The lowest BCUT2D eigenvalue weighted by molar-refractivity contribution is -0.137. The fourth-order valence-electron chi connectivity index (χ4n) is 5.15. The summed E-state index contributed by atoms with van der Waals surface area (Å²) in [5.41, 5.74) is 0.547. The molecule has 3 rings (SSSR count). The number of likely N-dealkylation sites (tertiary alicyclic amines) is 2. The Labute approximate surface area is 149 Å². The van der Waals surface area contributed by atoms with Crippen LogP contribution in [-0.2, 0) is 4.79 Å². The lowest BCUT2D eigenvalue weighted by atomic mass is 9.71. The third-order valence-electron chi connectivity index (χ3n) is 7.20. The van der Waals surface area contributed by atoms with Crippen LogP contribution in [0.2, 0.25) is 0 Å². The zero-order chi connectivity index (χ0) is 17.2. The molecule has 0 radical (unpaired) electrons. The summed E-state index contributed by atoms with van der Waals surface area (Å²) < 4.78 is 0. The average molecular weight is 335 g/mol. The van der Waals surface area contributed by atoms with Crippen molar-refractivity contribution in [1.29, 1.82) is 0 Å². The highest BCUT2D eigenvalue weighted by molar-refractivity contribution is 5.78. The van der Waals surface area contributed by atoms with Crippen molar-refractivity contribution in [1.82, 2.24) is 9.80 Å². The highest BCUT2D eigenvalue weighted by Crippen LogP contribution is 2.42. The molecule has 3 heteroatoms. The molecule has 2 aliphatic heterocycles. The number of rotatable bonds is 3. The molecule has 3 nitrogen and oxygen atoms in total. The van der Waals surface area contributed by atoms with Crippen LogP contribution in [0.25, 0.3) is 0 Å². The van der Waals surface area contributed by atoms with Crippen molar-refractivity contribution in [2.24, 2.45) is 23.2 Å². The number of carbonyl (C=O) groups excluding carboxylic acids is 1. The molecule has 24 heavy (non-hydrogen) atoms. The minimum atomic E-state index is 0.152. The Morgan fingerprint density at radius 1 is 0.958 bits per heavy atom. The van der Waals surface area contributed by atoms with E-state index in [2.05, 4.69) is 16.7 Å². The predicted molar refractivity (Wildman–Crippen MR) is 99.9 cm³/mol. The summed E-state index contributed by atoms with van der Waals surface area (Å²) in [5.74, 6) is 2.43. The van der Waals surface area contributed by atoms with E-state index in [1.807, 2.05) is 13.8 Å². The normalized spacial score (nSPS) is 31.6. The topological polar surface area (TPSA) is 23.6 Å². The second-order valence-electron chi connectivity index (χ2n) is 9.41. The lowest BCUT2D eigenvalue weighted by Gasteiger charge is -2.47. The zero-order valence-corrected chi connectivity index (χ0v) is 16.2. The quantitative estimate of drug-likeness (QED) is 0.773. The van der Waals surface area contributed by atoms with E-state index in [1.54, 1.807) is 0 Å². The van der Waals surface area contributed by atoms with Crippen molar-refractivity contribution in [2.75, 3.05) is 32.7 Å². The van der Waals surface area contributed by atoms with Crippen molar-refractivity contribution in [3.05, 3.63) is 0 Å². The van der Waals surface area contributed by atoms with Crippen LogP contribution in [0.4, 0.5) is 0 Å². The SMILES string of the molecule is CC1CCC(CN2CCC3(CC2)CCN(C(=O)C(C)C)CC3)CC1.